The first kappa shape index (κ1) is 82.5. The normalized spacial score (nSPS) is 11.6. The maximum atomic E-state index is 12.5. The molecule has 498 valence electrons. The minimum absolute atomic E-state index is 0.119. The predicted molar refractivity (Wildman–Crippen MR) is 404 cm³/mol. The van der Waals surface area contributed by atoms with Crippen molar-refractivity contribution >= 4 is 0 Å². The van der Waals surface area contributed by atoms with Crippen molar-refractivity contribution in [2.45, 2.75) is 241 Å². The van der Waals surface area contributed by atoms with Gasteiger partial charge in [-0.3, -0.25) is 0 Å². The number of methoxy groups -OCH3 is 1. The summed E-state index contributed by atoms with van der Waals surface area (Å²) < 4.78 is 17.6. The fraction of sp³-hybridized carbons (Fsp3) is 0.461. The van der Waals surface area contributed by atoms with Gasteiger partial charge in [-0.2, -0.15) is 0 Å². The largest absolute Gasteiger partial charge is 0.497 e. The summed E-state index contributed by atoms with van der Waals surface area (Å²) >= 11 is 0. The van der Waals surface area contributed by atoms with E-state index in [2.05, 4.69) is 364 Å². The molecule has 0 fully saturated rings. The molecule has 0 saturated carbocycles. The van der Waals surface area contributed by atoms with Crippen molar-refractivity contribution in [2.24, 2.45) is 21.7 Å². The minimum Gasteiger partial charge on any atom is -0.497 e. The maximum absolute atomic E-state index is 12.5. The van der Waals surface area contributed by atoms with Crippen LogP contribution >= 0.6 is 0 Å². The number of hydrogen-bond acceptors (Lipinski definition) is 1. The van der Waals surface area contributed by atoms with Crippen LogP contribution in [0.4, 0.5) is 4.39 Å². The average Bonchev–Trinajstić information content (AvgIpc) is 3.03. The van der Waals surface area contributed by atoms with Crippen LogP contribution in [-0.2, 0) is 47.3 Å². The molecule has 1 nitrogen and oxygen atoms in total. The van der Waals surface area contributed by atoms with E-state index in [1.165, 1.54) is 78.9 Å². The summed E-state index contributed by atoms with van der Waals surface area (Å²) in [5.74, 6) is 0.751. The molecule has 8 aromatic rings. The van der Waals surface area contributed by atoms with Crippen LogP contribution < -0.4 is 4.74 Å². The number of ether oxygens (including phenoxy) is 1. The second kappa shape index (κ2) is 37.9. The lowest BCUT2D eigenvalue weighted by molar-refractivity contribution is 0.411. The first-order chi connectivity index (χ1) is 41.6. The van der Waals surface area contributed by atoms with Gasteiger partial charge in [0.1, 0.15) is 11.6 Å². The van der Waals surface area contributed by atoms with Gasteiger partial charge in [-0.15, -0.1) is 0 Å². The molecule has 0 aliphatic carbocycles. The zero-order valence-corrected chi connectivity index (χ0v) is 63.2. The summed E-state index contributed by atoms with van der Waals surface area (Å²) in [5, 5.41) is 0. The minimum atomic E-state index is -0.169. The monoisotopic (exact) mass is 1230 g/mol. The highest BCUT2D eigenvalue weighted by molar-refractivity contribution is 5.32. The van der Waals surface area contributed by atoms with Crippen molar-refractivity contribution in [3.8, 4) is 5.75 Å². The maximum Gasteiger partial charge on any atom is 0.123 e. The summed E-state index contributed by atoms with van der Waals surface area (Å²) in [4.78, 5) is 0. The molecule has 0 unspecified atom stereocenters. The van der Waals surface area contributed by atoms with E-state index in [0.717, 1.165) is 31.4 Å². The van der Waals surface area contributed by atoms with Gasteiger partial charge < -0.3 is 4.74 Å². The molecular formula is C89H129FO. The van der Waals surface area contributed by atoms with Gasteiger partial charge in [0.25, 0.3) is 0 Å². The van der Waals surface area contributed by atoms with Crippen molar-refractivity contribution in [3.63, 3.8) is 0 Å². The van der Waals surface area contributed by atoms with Crippen molar-refractivity contribution in [1.82, 2.24) is 0 Å². The first-order valence-corrected chi connectivity index (χ1v) is 33.4. The molecule has 0 aliphatic heterocycles. The fourth-order valence-corrected chi connectivity index (χ4v) is 9.20. The number of halogens is 1. The zero-order chi connectivity index (χ0) is 69.7. The highest BCUT2D eigenvalue weighted by Gasteiger charge is 2.17. The number of benzene rings is 8. The first-order valence-electron chi connectivity index (χ1n) is 33.4. The van der Waals surface area contributed by atoms with E-state index < -0.39 is 0 Å². The average molecular weight is 1230 g/mol. The Balaban J connectivity index is 0.000000520. The molecule has 8 rings (SSSR count). The lowest BCUT2D eigenvalue weighted by atomic mass is 9.87. The third-order valence-electron chi connectivity index (χ3n) is 14.4. The molecule has 0 amide bonds. The molecule has 0 aromatic heterocycles. The highest BCUT2D eigenvalue weighted by Crippen LogP contribution is 2.27. The van der Waals surface area contributed by atoms with Crippen molar-refractivity contribution < 1.29 is 9.13 Å². The Morgan fingerprint density at radius 1 is 0.242 bits per heavy atom. The fourth-order valence-electron chi connectivity index (χ4n) is 9.20. The molecule has 91 heavy (non-hydrogen) atoms. The topological polar surface area (TPSA) is 9.23 Å². The summed E-state index contributed by atoms with van der Waals surface area (Å²) in [6.45, 7) is 62.0. The van der Waals surface area contributed by atoms with Crippen molar-refractivity contribution in [1.29, 1.82) is 0 Å². The van der Waals surface area contributed by atoms with Crippen molar-refractivity contribution in [3.05, 3.63) is 279 Å². The molecule has 0 spiro atoms. The van der Waals surface area contributed by atoms with Crippen LogP contribution in [0.5, 0.6) is 5.75 Å². The van der Waals surface area contributed by atoms with E-state index in [-0.39, 0.29) is 22.1 Å². The van der Waals surface area contributed by atoms with Gasteiger partial charge in [0.15, 0.2) is 0 Å². The van der Waals surface area contributed by atoms with Gasteiger partial charge in [0.2, 0.25) is 0 Å². The third-order valence-corrected chi connectivity index (χ3v) is 14.4. The van der Waals surface area contributed by atoms with Gasteiger partial charge in [-0.1, -0.05) is 370 Å². The Labute approximate surface area is 560 Å². The molecular weight excluding hydrogens is 1100 g/mol. The molecule has 0 bridgehead atoms. The van der Waals surface area contributed by atoms with Crippen LogP contribution in [0.1, 0.15) is 233 Å². The molecule has 8 aromatic carbocycles. The van der Waals surface area contributed by atoms with E-state index in [1.807, 2.05) is 24.3 Å². The Bertz CT molecular complexity index is 2930. The Kier molecular flexibility index (Phi) is 34.3. The smallest absolute Gasteiger partial charge is 0.123 e. The van der Waals surface area contributed by atoms with Gasteiger partial charge >= 0.3 is 0 Å². The summed E-state index contributed by atoms with van der Waals surface area (Å²) in [5.41, 5.74) is 18.9. The number of hydrogen-bond donors (Lipinski definition) is 0. The van der Waals surface area contributed by atoms with E-state index >= 15 is 0 Å². The number of rotatable bonds is 5. The van der Waals surface area contributed by atoms with E-state index in [4.69, 9.17) is 4.74 Å². The Morgan fingerprint density at radius 2 is 0.440 bits per heavy atom. The van der Waals surface area contributed by atoms with Gasteiger partial charge in [-0.05, 0) is 165 Å². The van der Waals surface area contributed by atoms with Gasteiger partial charge in [0.05, 0.1) is 7.11 Å². The van der Waals surface area contributed by atoms with Crippen LogP contribution in [0.3, 0.4) is 0 Å². The Hall–Kier alpha value is -6.51. The molecule has 0 N–H and O–H groups in total. The Morgan fingerprint density at radius 3 is 0.659 bits per heavy atom. The van der Waals surface area contributed by atoms with Crippen LogP contribution in [0.2, 0.25) is 0 Å². The van der Waals surface area contributed by atoms with Gasteiger partial charge in [-0.25, -0.2) is 4.39 Å². The summed E-state index contributed by atoms with van der Waals surface area (Å²) in [6.07, 6.45) is 4.64. The van der Waals surface area contributed by atoms with Crippen LogP contribution in [0.25, 0.3) is 0 Å². The second-order valence-electron chi connectivity index (χ2n) is 33.9. The summed E-state index contributed by atoms with van der Waals surface area (Å²) in [6, 6.07) is 71.2. The standard InChI is InChI=1S/3C12H18.C11H16O.2C11H16.C10H13F.C10H14/c3*1-10-5-7-11(8-6-10)9-12(2,3)4;1-11(2,3)9-5-7-10(12-4)8-6-9;1-9-5-7-10(8-6-9)11(2,3)4;1-11(2,3)9-10-7-5-4-6-8-10;1-10(2,3)8-4-6-9(11)7-5-8;1-10(2,3)9-7-5-4-6-8-9/h3*5-8H,9H2,1-4H3;5-8H,1-4H3;5-8H,1-4H3;4-8H,9H2,1-3H3;4-7H,1-3H3;4-8H,1-3H3. The molecule has 0 heterocycles. The molecule has 2 heteroatoms. The van der Waals surface area contributed by atoms with E-state index in [1.54, 1.807) is 7.11 Å². The third kappa shape index (κ3) is 41.6. The van der Waals surface area contributed by atoms with E-state index in [0.29, 0.717) is 27.1 Å². The molecule has 0 aliphatic rings. The van der Waals surface area contributed by atoms with Crippen molar-refractivity contribution in [2.75, 3.05) is 7.11 Å². The number of aryl methyl sites for hydroxylation is 4. The van der Waals surface area contributed by atoms with Crippen LogP contribution in [0, 0.1) is 55.2 Å². The van der Waals surface area contributed by atoms with Gasteiger partial charge in [0, 0.05) is 0 Å². The van der Waals surface area contributed by atoms with Crippen LogP contribution in [-0.4, -0.2) is 7.11 Å². The lowest BCUT2D eigenvalue weighted by Gasteiger charge is -2.18. The SMILES string of the molecule is CC(C)(C)Cc1ccccc1.CC(C)(C)c1ccc(F)cc1.CC(C)(C)c1ccccc1.COc1ccc(C(C)(C)C)cc1.Cc1ccc(C(C)(C)C)cc1.Cc1ccc(CC(C)(C)C)cc1.Cc1ccc(CC(C)(C)C)cc1.Cc1ccc(CC(C)(C)C)cc1. The molecule has 0 radical (unpaired) electrons. The zero-order valence-electron chi connectivity index (χ0n) is 63.2. The quantitative estimate of drug-likeness (QED) is 0.167. The van der Waals surface area contributed by atoms with Crippen LogP contribution in [0.15, 0.2) is 206 Å². The highest BCUT2D eigenvalue weighted by atomic mass is 19.1. The lowest BCUT2D eigenvalue weighted by Crippen LogP contribution is -2.10. The molecule has 0 saturated heterocycles. The predicted octanol–water partition coefficient (Wildman–Crippen LogP) is 26.4. The van der Waals surface area contributed by atoms with E-state index in [9.17, 15) is 4.39 Å². The summed E-state index contributed by atoms with van der Waals surface area (Å²) in [7, 11) is 1.69. The second-order valence-corrected chi connectivity index (χ2v) is 33.9. The molecule has 0 atom stereocenters.